The lowest BCUT2D eigenvalue weighted by Crippen LogP contribution is -2.34. The summed E-state index contributed by atoms with van der Waals surface area (Å²) in [6.07, 6.45) is -0.480. The Hall–Kier alpha value is -1.36. The molecule has 0 aliphatic heterocycles. The molecular weight excluding hydrogens is 242 g/mol. The van der Waals surface area contributed by atoms with Gasteiger partial charge in [-0.3, -0.25) is 4.90 Å². The van der Waals surface area contributed by atoms with Crippen LogP contribution in [-0.4, -0.2) is 28.7 Å². The second-order valence-electron chi connectivity index (χ2n) is 4.68. The summed E-state index contributed by atoms with van der Waals surface area (Å²) in [5.41, 5.74) is 0.146. The van der Waals surface area contributed by atoms with Gasteiger partial charge >= 0.3 is 6.09 Å². The van der Waals surface area contributed by atoms with E-state index < -0.39 is 11.7 Å². The van der Waals surface area contributed by atoms with Crippen molar-refractivity contribution in [2.75, 3.05) is 11.9 Å². The highest BCUT2D eigenvalue weighted by molar-refractivity contribution is 6.28. The van der Waals surface area contributed by atoms with Gasteiger partial charge in [0.15, 0.2) is 0 Å². The van der Waals surface area contributed by atoms with E-state index in [1.165, 1.54) is 4.90 Å². The van der Waals surface area contributed by atoms with Crippen LogP contribution < -0.4 is 4.90 Å². The van der Waals surface area contributed by atoms with Crippen molar-refractivity contribution in [1.29, 1.82) is 0 Å². The molecule has 17 heavy (non-hydrogen) atoms. The first kappa shape index (κ1) is 13.7. The van der Waals surface area contributed by atoms with Gasteiger partial charge in [-0.15, -0.1) is 0 Å². The predicted molar refractivity (Wildman–Crippen MR) is 66.4 cm³/mol. The fourth-order valence-corrected chi connectivity index (χ4v) is 1.33. The van der Waals surface area contributed by atoms with Gasteiger partial charge in [-0.2, -0.15) is 0 Å². The third kappa shape index (κ3) is 4.19. The second-order valence-corrected chi connectivity index (χ2v) is 5.01. The standard InChI is InChI=1S/C11H16ClN3O2/c1-7-6-8(14-9(12)13-7)15(5)10(16)17-11(2,3)4/h6H,1-5H3. The van der Waals surface area contributed by atoms with Crippen LogP contribution in [0.3, 0.4) is 0 Å². The van der Waals surface area contributed by atoms with Gasteiger partial charge in [0.1, 0.15) is 11.4 Å². The number of carbonyl (C=O) groups excluding carboxylic acids is 1. The summed E-state index contributed by atoms with van der Waals surface area (Å²) < 4.78 is 5.22. The molecule has 1 rings (SSSR count). The molecule has 94 valence electrons. The van der Waals surface area contributed by atoms with Crippen molar-refractivity contribution < 1.29 is 9.53 Å². The Labute approximate surface area is 106 Å². The van der Waals surface area contributed by atoms with Gasteiger partial charge in [0.25, 0.3) is 0 Å². The highest BCUT2D eigenvalue weighted by Crippen LogP contribution is 2.16. The highest BCUT2D eigenvalue weighted by atomic mass is 35.5. The number of halogens is 1. The van der Waals surface area contributed by atoms with Crippen LogP contribution in [-0.2, 0) is 4.74 Å². The zero-order valence-corrected chi connectivity index (χ0v) is 11.4. The van der Waals surface area contributed by atoms with Crippen molar-refractivity contribution in [3.8, 4) is 0 Å². The SMILES string of the molecule is Cc1cc(N(C)C(=O)OC(C)(C)C)nc(Cl)n1. The smallest absolute Gasteiger partial charge is 0.415 e. The first-order chi connectivity index (χ1) is 7.69. The Balaban J connectivity index is 2.89. The van der Waals surface area contributed by atoms with Crippen molar-refractivity contribution in [2.24, 2.45) is 0 Å². The maximum atomic E-state index is 11.8. The van der Waals surface area contributed by atoms with Crippen LogP contribution in [0, 0.1) is 6.92 Å². The van der Waals surface area contributed by atoms with Gasteiger partial charge < -0.3 is 4.74 Å². The molecule has 0 aliphatic rings. The second kappa shape index (κ2) is 4.87. The highest BCUT2D eigenvalue weighted by Gasteiger charge is 2.21. The molecule has 0 fully saturated rings. The van der Waals surface area contributed by atoms with E-state index >= 15 is 0 Å². The Bertz CT molecular complexity index is 409. The van der Waals surface area contributed by atoms with Crippen molar-refractivity contribution in [3.05, 3.63) is 17.0 Å². The fourth-order valence-electron chi connectivity index (χ4n) is 1.11. The summed E-state index contributed by atoms with van der Waals surface area (Å²) in [6.45, 7) is 7.19. The van der Waals surface area contributed by atoms with Gasteiger partial charge in [0.2, 0.25) is 5.28 Å². The van der Waals surface area contributed by atoms with E-state index in [1.807, 2.05) is 0 Å². The molecule has 0 bridgehead atoms. The molecule has 1 amide bonds. The summed E-state index contributed by atoms with van der Waals surface area (Å²) in [7, 11) is 1.58. The van der Waals surface area contributed by atoms with Crippen molar-refractivity contribution in [3.63, 3.8) is 0 Å². The third-order valence-electron chi connectivity index (χ3n) is 1.82. The number of hydrogen-bond acceptors (Lipinski definition) is 4. The molecule has 0 aromatic carbocycles. The largest absolute Gasteiger partial charge is 0.443 e. The quantitative estimate of drug-likeness (QED) is 0.726. The molecule has 0 atom stereocenters. The molecule has 0 saturated carbocycles. The molecule has 5 nitrogen and oxygen atoms in total. The molecule has 0 spiro atoms. The van der Waals surface area contributed by atoms with E-state index in [-0.39, 0.29) is 5.28 Å². The van der Waals surface area contributed by atoms with Crippen LogP contribution in [0.4, 0.5) is 10.6 Å². The number of anilines is 1. The summed E-state index contributed by atoms with van der Waals surface area (Å²) >= 11 is 5.73. The number of hydrogen-bond donors (Lipinski definition) is 0. The number of carbonyl (C=O) groups is 1. The number of rotatable bonds is 1. The summed E-state index contributed by atoms with van der Waals surface area (Å²) in [5.74, 6) is 0.414. The van der Waals surface area contributed by atoms with Crippen molar-refractivity contribution >= 4 is 23.5 Å². The van der Waals surface area contributed by atoms with Crippen LogP contribution in [0.15, 0.2) is 6.07 Å². The minimum atomic E-state index is -0.544. The molecular formula is C11H16ClN3O2. The van der Waals surface area contributed by atoms with Crippen molar-refractivity contribution in [1.82, 2.24) is 9.97 Å². The zero-order chi connectivity index (χ0) is 13.2. The minimum absolute atomic E-state index is 0.107. The first-order valence-electron chi connectivity index (χ1n) is 5.17. The van der Waals surface area contributed by atoms with E-state index in [0.717, 1.165) is 0 Å². The normalized spacial score (nSPS) is 11.2. The number of aromatic nitrogens is 2. The number of amides is 1. The molecule has 1 aromatic rings. The van der Waals surface area contributed by atoms with Crippen LogP contribution in [0.1, 0.15) is 26.5 Å². The molecule has 0 N–H and O–H groups in total. The molecule has 0 aliphatic carbocycles. The summed E-state index contributed by atoms with van der Waals surface area (Å²) in [4.78, 5) is 21.0. The van der Waals surface area contributed by atoms with E-state index in [2.05, 4.69) is 9.97 Å². The third-order valence-corrected chi connectivity index (χ3v) is 1.99. The van der Waals surface area contributed by atoms with E-state index in [0.29, 0.717) is 11.5 Å². The van der Waals surface area contributed by atoms with Gasteiger partial charge in [-0.25, -0.2) is 14.8 Å². The molecule has 0 saturated heterocycles. The Morgan fingerprint density at radius 1 is 1.41 bits per heavy atom. The van der Waals surface area contributed by atoms with E-state index in [1.54, 1.807) is 40.8 Å². The lowest BCUT2D eigenvalue weighted by atomic mass is 10.2. The van der Waals surface area contributed by atoms with Crippen LogP contribution >= 0.6 is 11.6 Å². The molecule has 0 unspecified atom stereocenters. The number of aryl methyl sites for hydroxylation is 1. The van der Waals surface area contributed by atoms with E-state index in [9.17, 15) is 4.79 Å². The van der Waals surface area contributed by atoms with Crippen LogP contribution in [0.2, 0.25) is 5.28 Å². The zero-order valence-electron chi connectivity index (χ0n) is 10.6. The van der Waals surface area contributed by atoms with Gasteiger partial charge in [0.05, 0.1) is 0 Å². The molecule has 6 heteroatoms. The predicted octanol–water partition coefficient (Wildman–Crippen LogP) is 2.81. The van der Waals surface area contributed by atoms with Gasteiger partial charge in [-0.05, 0) is 39.3 Å². The summed E-state index contributed by atoms with van der Waals surface area (Å²) in [6, 6.07) is 1.66. The molecule has 1 heterocycles. The number of ether oxygens (including phenoxy) is 1. The lowest BCUT2D eigenvalue weighted by Gasteiger charge is -2.24. The Kier molecular flexibility index (Phi) is 3.93. The summed E-state index contributed by atoms with van der Waals surface area (Å²) in [5, 5.41) is 0.107. The van der Waals surface area contributed by atoms with Gasteiger partial charge in [0, 0.05) is 18.8 Å². The Morgan fingerprint density at radius 3 is 2.47 bits per heavy atom. The average Bonchev–Trinajstić information content (AvgIpc) is 2.12. The fraction of sp³-hybridized carbons (Fsp3) is 0.545. The number of nitrogens with zero attached hydrogens (tertiary/aromatic N) is 3. The maximum absolute atomic E-state index is 11.8. The minimum Gasteiger partial charge on any atom is -0.443 e. The first-order valence-corrected chi connectivity index (χ1v) is 5.55. The van der Waals surface area contributed by atoms with E-state index in [4.69, 9.17) is 16.3 Å². The lowest BCUT2D eigenvalue weighted by molar-refractivity contribution is 0.0588. The monoisotopic (exact) mass is 257 g/mol. The van der Waals surface area contributed by atoms with Crippen LogP contribution in [0.25, 0.3) is 0 Å². The molecule has 1 aromatic heterocycles. The molecule has 0 radical (unpaired) electrons. The average molecular weight is 258 g/mol. The maximum Gasteiger partial charge on any atom is 0.415 e. The van der Waals surface area contributed by atoms with Crippen LogP contribution in [0.5, 0.6) is 0 Å². The van der Waals surface area contributed by atoms with Crippen molar-refractivity contribution in [2.45, 2.75) is 33.3 Å². The Morgan fingerprint density at radius 2 is 2.00 bits per heavy atom. The van der Waals surface area contributed by atoms with Gasteiger partial charge in [-0.1, -0.05) is 0 Å². The topological polar surface area (TPSA) is 55.3 Å².